The van der Waals surface area contributed by atoms with Crippen molar-refractivity contribution < 1.29 is 19.1 Å². The summed E-state index contributed by atoms with van der Waals surface area (Å²) in [6.45, 7) is 4.57. The molecule has 0 saturated carbocycles. The van der Waals surface area contributed by atoms with E-state index in [9.17, 15) is 9.59 Å². The van der Waals surface area contributed by atoms with Gasteiger partial charge in [-0.25, -0.2) is 0 Å². The first-order valence-corrected chi connectivity index (χ1v) is 11.5. The Balaban J connectivity index is 0.000000421. The van der Waals surface area contributed by atoms with E-state index in [1.807, 2.05) is 66.7 Å². The number of ether oxygens (including phenoxy) is 2. The maximum Gasteiger partial charge on any atom is 0.262 e. The predicted molar refractivity (Wildman–Crippen MR) is 139 cm³/mol. The van der Waals surface area contributed by atoms with Gasteiger partial charge in [0.05, 0.1) is 26.4 Å². The third kappa shape index (κ3) is 6.53. The quantitative estimate of drug-likeness (QED) is 0.410. The largest absolute Gasteiger partial charge is 0.377 e. The fraction of sp³-hybridized carbons (Fsp3) is 0.172. The summed E-state index contributed by atoms with van der Waals surface area (Å²) < 4.78 is 9.89. The Hall–Kier alpha value is -4.00. The Labute approximate surface area is 205 Å². The van der Waals surface area contributed by atoms with E-state index in [4.69, 9.17) is 9.47 Å². The molecular formula is C29H28N2O4. The smallest absolute Gasteiger partial charge is 0.262 e. The molecule has 1 saturated heterocycles. The lowest BCUT2D eigenvalue weighted by Crippen LogP contribution is -2.25. The van der Waals surface area contributed by atoms with Gasteiger partial charge in [0.15, 0.2) is 0 Å². The van der Waals surface area contributed by atoms with E-state index in [0.29, 0.717) is 11.3 Å². The lowest BCUT2D eigenvalue weighted by atomic mass is 10.1. The number of para-hydroxylation sites is 1. The highest BCUT2D eigenvalue weighted by atomic mass is 16.6. The highest BCUT2D eigenvalue weighted by Crippen LogP contribution is 2.30. The van der Waals surface area contributed by atoms with Gasteiger partial charge in [0.25, 0.3) is 5.91 Å². The lowest BCUT2D eigenvalue weighted by Gasteiger charge is -2.24. The second kappa shape index (κ2) is 11.9. The van der Waals surface area contributed by atoms with Gasteiger partial charge in [-0.05, 0) is 59.3 Å². The molecule has 1 aliphatic rings. The number of hydrogen-bond donors (Lipinski definition) is 1. The van der Waals surface area contributed by atoms with Crippen LogP contribution in [0.2, 0.25) is 0 Å². The molecule has 4 aromatic rings. The van der Waals surface area contributed by atoms with Crippen LogP contribution in [0.25, 0.3) is 10.8 Å². The third-order valence-corrected chi connectivity index (χ3v) is 5.40. The number of carbonyl (C=O) groups excluding carboxylic acids is 2. The average molecular weight is 469 g/mol. The number of rotatable bonds is 4. The molecule has 5 rings (SSSR count). The minimum absolute atomic E-state index is 0.138. The Morgan fingerprint density at radius 1 is 0.686 bits per heavy atom. The van der Waals surface area contributed by atoms with Gasteiger partial charge >= 0.3 is 0 Å². The zero-order valence-electron chi connectivity index (χ0n) is 19.6. The number of hydrogen-bond acceptors (Lipinski definition) is 4. The first-order valence-electron chi connectivity index (χ1n) is 11.5. The van der Waals surface area contributed by atoms with Crippen LogP contribution in [0.3, 0.4) is 0 Å². The summed E-state index contributed by atoms with van der Waals surface area (Å²) in [6, 6.07) is 30.6. The van der Waals surface area contributed by atoms with E-state index in [1.165, 1.54) is 6.92 Å². The second-order valence-electron chi connectivity index (χ2n) is 7.99. The van der Waals surface area contributed by atoms with Crippen molar-refractivity contribution in [3.05, 3.63) is 103 Å². The van der Waals surface area contributed by atoms with E-state index < -0.39 is 0 Å². The van der Waals surface area contributed by atoms with Gasteiger partial charge in [-0.15, -0.1) is 0 Å². The molecule has 0 radical (unpaired) electrons. The highest BCUT2D eigenvalue weighted by molar-refractivity contribution is 6.11. The average Bonchev–Trinajstić information content (AvgIpc) is 2.91. The van der Waals surface area contributed by atoms with Crippen LogP contribution in [-0.2, 0) is 14.3 Å². The summed E-state index contributed by atoms with van der Waals surface area (Å²) in [7, 11) is 0. The molecule has 6 heteroatoms. The van der Waals surface area contributed by atoms with Crippen molar-refractivity contribution >= 4 is 39.6 Å². The van der Waals surface area contributed by atoms with Crippen molar-refractivity contribution in [2.45, 2.75) is 6.92 Å². The van der Waals surface area contributed by atoms with Crippen LogP contribution in [0, 0.1) is 0 Å². The molecule has 2 amide bonds. The number of amides is 2. The van der Waals surface area contributed by atoms with E-state index in [1.54, 1.807) is 29.2 Å². The standard InChI is InChI=1S/C25H20N2O2.C4H8O2/c1-18(28)26-22-14-11-20(12-15-22)25(29)27(23-9-3-2-4-10-23)24-16-13-19-7-5-6-8-21(19)17-24;1-2-6-4-3-5-1/h2-17H,1H3,(H,26,28);1-4H2. The van der Waals surface area contributed by atoms with Crippen LogP contribution in [-0.4, -0.2) is 38.2 Å². The van der Waals surface area contributed by atoms with Crippen molar-refractivity contribution in [1.29, 1.82) is 0 Å². The van der Waals surface area contributed by atoms with Crippen LogP contribution in [0.1, 0.15) is 17.3 Å². The summed E-state index contributed by atoms with van der Waals surface area (Å²) >= 11 is 0. The SMILES string of the molecule is C1COCCO1.CC(=O)Nc1ccc(C(=O)N(c2ccccc2)c2ccc3ccccc3c2)cc1. The Morgan fingerprint density at radius 3 is 1.89 bits per heavy atom. The molecule has 0 atom stereocenters. The number of fused-ring (bicyclic) bond motifs is 1. The third-order valence-electron chi connectivity index (χ3n) is 5.40. The number of carbonyl (C=O) groups is 2. The number of nitrogens with zero attached hydrogens (tertiary/aromatic N) is 1. The highest BCUT2D eigenvalue weighted by Gasteiger charge is 2.20. The maximum absolute atomic E-state index is 13.5. The molecule has 1 N–H and O–H groups in total. The first-order chi connectivity index (χ1) is 17.1. The van der Waals surface area contributed by atoms with Crippen LogP contribution < -0.4 is 10.2 Å². The molecule has 4 aromatic carbocycles. The summed E-state index contributed by atoms with van der Waals surface area (Å²) in [5, 5.41) is 4.91. The molecule has 6 nitrogen and oxygen atoms in total. The molecule has 1 aliphatic heterocycles. The van der Waals surface area contributed by atoms with Crippen LogP contribution in [0.15, 0.2) is 97.1 Å². The van der Waals surface area contributed by atoms with Crippen LogP contribution >= 0.6 is 0 Å². The summed E-state index contributed by atoms with van der Waals surface area (Å²) in [6.07, 6.45) is 0. The Kier molecular flexibility index (Phi) is 8.22. The van der Waals surface area contributed by atoms with Gasteiger partial charge in [0.1, 0.15) is 0 Å². The van der Waals surface area contributed by atoms with Gasteiger partial charge in [0, 0.05) is 29.5 Å². The molecular weight excluding hydrogens is 440 g/mol. The number of nitrogens with one attached hydrogen (secondary N) is 1. The molecule has 0 aliphatic carbocycles. The lowest BCUT2D eigenvalue weighted by molar-refractivity contribution is -0.114. The van der Waals surface area contributed by atoms with Crippen LogP contribution in [0.4, 0.5) is 17.1 Å². The monoisotopic (exact) mass is 468 g/mol. The van der Waals surface area contributed by atoms with Crippen molar-refractivity contribution in [2.24, 2.45) is 0 Å². The molecule has 0 bridgehead atoms. The maximum atomic E-state index is 13.5. The van der Waals surface area contributed by atoms with Crippen LogP contribution in [0.5, 0.6) is 0 Å². The molecule has 35 heavy (non-hydrogen) atoms. The number of benzene rings is 4. The summed E-state index contributed by atoms with van der Waals surface area (Å²) in [5.74, 6) is -0.285. The first kappa shape index (κ1) is 24.1. The topological polar surface area (TPSA) is 67.9 Å². The number of anilines is 3. The van der Waals surface area contributed by atoms with E-state index in [-0.39, 0.29) is 11.8 Å². The molecule has 0 unspecified atom stereocenters. The van der Waals surface area contributed by atoms with Crippen molar-refractivity contribution in [1.82, 2.24) is 0 Å². The van der Waals surface area contributed by atoms with Crippen molar-refractivity contribution in [2.75, 3.05) is 36.6 Å². The van der Waals surface area contributed by atoms with Gasteiger partial charge < -0.3 is 14.8 Å². The summed E-state index contributed by atoms with van der Waals surface area (Å²) in [4.78, 5) is 26.4. The molecule has 1 heterocycles. The molecule has 0 spiro atoms. The predicted octanol–water partition coefficient (Wildman–Crippen LogP) is 5.81. The van der Waals surface area contributed by atoms with Gasteiger partial charge in [0.2, 0.25) is 5.91 Å². The second-order valence-corrected chi connectivity index (χ2v) is 7.99. The minimum Gasteiger partial charge on any atom is -0.377 e. The summed E-state index contributed by atoms with van der Waals surface area (Å²) in [5.41, 5.74) is 2.78. The zero-order valence-corrected chi connectivity index (χ0v) is 19.6. The molecule has 178 valence electrons. The van der Waals surface area contributed by atoms with Gasteiger partial charge in [-0.2, -0.15) is 0 Å². The zero-order chi connectivity index (χ0) is 24.5. The Morgan fingerprint density at radius 2 is 1.29 bits per heavy atom. The van der Waals surface area contributed by atoms with Gasteiger partial charge in [-0.3, -0.25) is 14.5 Å². The normalized spacial score (nSPS) is 12.8. The van der Waals surface area contributed by atoms with Crippen molar-refractivity contribution in [3.63, 3.8) is 0 Å². The van der Waals surface area contributed by atoms with E-state index in [0.717, 1.165) is 48.6 Å². The van der Waals surface area contributed by atoms with E-state index in [2.05, 4.69) is 11.4 Å². The van der Waals surface area contributed by atoms with Crippen molar-refractivity contribution in [3.8, 4) is 0 Å². The minimum atomic E-state index is -0.147. The van der Waals surface area contributed by atoms with Gasteiger partial charge in [-0.1, -0.05) is 48.5 Å². The fourth-order valence-electron chi connectivity index (χ4n) is 3.74. The molecule has 0 aromatic heterocycles. The molecule has 1 fully saturated rings. The Bertz CT molecular complexity index is 1260. The fourth-order valence-corrected chi connectivity index (χ4v) is 3.74. The van der Waals surface area contributed by atoms with E-state index >= 15 is 0 Å².